The van der Waals surface area contributed by atoms with Crippen molar-refractivity contribution in [3.05, 3.63) is 30.2 Å². The molecule has 0 bridgehead atoms. The van der Waals surface area contributed by atoms with Crippen molar-refractivity contribution in [2.75, 3.05) is 37.0 Å². The molecule has 8 heteroatoms. The second-order valence-corrected chi connectivity index (χ2v) is 5.24. The van der Waals surface area contributed by atoms with Crippen LogP contribution in [-0.2, 0) is 0 Å². The van der Waals surface area contributed by atoms with Crippen LogP contribution in [0.25, 0.3) is 0 Å². The van der Waals surface area contributed by atoms with E-state index in [4.69, 9.17) is 5.73 Å². The molecule has 21 heavy (non-hydrogen) atoms. The van der Waals surface area contributed by atoms with Gasteiger partial charge in [0.05, 0.1) is 17.8 Å². The van der Waals surface area contributed by atoms with E-state index in [1.165, 1.54) is 6.20 Å². The van der Waals surface area contributed by atoms with Gasteiger partial charge in [0, 0.05) is 39.6 Å². The van der Waals surface area contributed by atoms with E-state index >= 15 is 0 Å². The topological polar surface area (TPSA) is 93.2 Å². The molecule has 2 aromatic rings. The summed E-state index contributed by atoms with van der Waals surface area (Å²) in [6, 6.07) is 2.08. The van der Waals surface area contributed by atoms with Gasteiger partial charge in [-0.1, -0.05) is 0 Å². The Bertz CT molecular complexity index is 660. The number of aromatic nitrogens is 4. The standard InChI is InChI=1S/C13H17N7O/c1-18(2)11-3-4-15-13(17-11)19-7-10(8-19)20-6-9(5-16-20)12(14)21/h3-6,10H,7-8H2,1-2H3,(H2,14,21). The maximum absolute atomic E-state index is 11.1. The van der Waals surface area contributed by atoms with E-state index in [0.29, 0.717) is 11.5 Å². The normalized spacial score (nSPS) is 14.9. The lowest BCUT2D eigenvalue weighted by molar-refractivity contribution is 0.1000. The highest BCUT2D eigenvalue weighted by Gasteiger charge is 2.31. The zero-order valence-electron chi connectivity index (χ0n) is 12.0. The molecule has 0 spiro atoms. The Hall–Kier alpha value is -2.64. The fraction of sp³-hybridized carbons (Fsp3) is 0.385. The predicted octanol–water partition coefficient (Wildman–Crippen LogP) is -0.101. The van der Waals surface area contributed by atoms with Gasteiger partial charge in [-0.2, -0.15) is 10.1 Å². The fourth-order valence-corrected chi connectivity index (χ4v) is 2.19. The van der Waals surface area contributed by atoms with Gasteiger partial charge in [0.25, 0.3) is 5.91 Å². The molecule has 0 aliphatic carbocycles. The smallest absolute Gasteiger partial charge is 0.251 e. The highest BCUT2D eigenvalue weighted by Crippen LogP contribution is 2.25. The first-order chi connectivity index (χ1) is 10.0. The number of carbonyl (C=O) groups excluding carboxylic acids is 1. The average Bonchev–Trinajstić information content (AvgIpc) is 2.87. The summed E-state index contributed by atoms with van der Waals surface area (Å²) in [7, 11) is 3.89. The number of nitrogens with zero attached hydrogens (tertiary/aromatic N) is 6. The van der Waals surface area contributed by atoms with Gasteiger partial charge in [-0.3, -0.25) is 9.48 Å². The highest BCUT2D eigenvalue weighted by molar-refractivity contribution is 5.92. The van der Waals surface area contributed by atoms with E-state index in [1.807, 2.05) is 25.1 Å². The molecule has 8 nitrogen and oxygen atoms in total. The lowest BCUT2D eigenvalue weighted by Gasteiger charge is -2.39. The number of primary amides is 1. The molecule has 0 aromatic carbocycles. The van der Waals surface area contributed by atoms with Gasteiger partial charge in [0.2, 0.25) is 5.95 Å². The third-order valence-electron chi connectivity index (χ3n) is 3.49. The molecule has 2 aromatic heterocycles. The molecule has 110 valence electrons. The van der Waals surface area contributed by atoms with Crippen LogP contribution in [0, 0.1) is 0 Å². The van der Waals surface area contributed by atoms with Crippen LogP contribution in [0.15, 0.2) is 24.7 Å². The number of amides is 1. The molecular formula is C13H17N7O. The van der Waals surface area contributed by atoms with Crippen LogP contribution >= 0.6 is 0 Å². The summed E-state index contributed by atoms with van der Waals surface area (Å²) in [4.78, 5) is 23.9. The minimum absolute atomic E-state index is 0.213. The summed E-state index contributed by atoms with van der Waals surface area (Å²) in [6.45, 7) is 1.52. The molecule has 1 saturated heterocycles. The first-order valence-corrected chi connectivity index (χ1v) is 6.64. The van der Waals surface area contributed by atoms with E-state index in [0.717, 1.165) is 18.9 Å². The summed E-state index contributed by atoms with van der Waals surface area (Å²) in [6.07, 6.45) is 4.93. The summed E-state index contributed by atoms with van der Waals surface area (Å²) >= 11 is 0. The summed E-state index contributed by atoms with van der Waals surface area (Å²) in [5, 5.41) is 4.17. The molecule has 1 aliphatic rings. The summed E-state index contributed by atoms with van der Waals surface area (Å²) < 4.78 is 1.77. The van der Waals surface area contributed by atoms with Crippen molar-refractivity contribution in [3.63, 3.8) is 0 Å². The van der Waals surface area contributed by atoms with Crippen molar-refractivity contribution in [1.82, 2.24) is 19.7 Å². The Morgan fingerprint density at radius 1 is 1.43 bits per heavy atom. The molecule has 0 atom stereocenters. The molecule has 2 N–H and O–H groups in total. The SMILES string of the molecule is CN(C)c1ccnc(N2CC(n3cc(C(N)=O)cn3)C2)n1. The molecular weight excluding hydrogens is 270 g/mol. The van der Waals surface area contributed by atoms with Gasteiger partial charge in [-0.15, -0.1) is 0 Å². The van der Waals surface area contributed by atoms with Gasteiger partial charge in [0.1, 0.15) is 5.82 Å². The number of hydrogen-bond donors (Lipinski definition) is 1. The molecule has 3 rings (SSSR count). The largest absolute Gasteiger partial charge is 0.366 e. The van der Waals surface area contributed by atoms with Crippen LogP contribution in [0.5, 0.6) is 0 Å². The second kappa shape index (κ2) is 5.04. The van der Waals surface area contributed by atoms with Gasteiger partial charge in [0.15, 0.2) is 0 Å². The second-order valence-electron chi connectivity index (χ2n) is 5.24. The number of hydrogen-bond acceptors (Lipinski definition) is 6. The van der Waals surface area contributed by atoms with E-state index in [-0.39, 0.29) is 6.04 Å². The Morgan fingerprint density at radius 3 is 2.81 bits per heavy atom. The van der Waals surface area contributed by atoms with Crippen LogP contribution in [0.3, 0.4) is 0 Å². The number of carbonyl (C=O) groups is 1. The van der Waals surface area contributed by atoms with Gasteiger partial charge < -0.3 is 15.5 Å². The van der Waals surface area contributed by atoms with Crippen LogP contribution in [0.2, 0.25) is 0 Å². The quantitative estimate of drug-likeness (QED) is 0.844. The van der Waals surface area contributed by atoms with Gasteiger partial charge in [-0.25, -0.2) is 4.98 Å². The minimum Gasteiger partial charge on any atom is -0.366 e. The first-order valence-electron chi connectivity index (χ1n) is 6.64. The lowest BCUT2D eigenvalue weighted by atomic mass is 10.1. The number of anilines is 2. The van der Waals surface area contributed by atoms with Crippen molar-refractivity contribution in [1.29, 1.82) is 0 Å². The maximum Gasteiger partial charge on any atom is 0.251 e. The molecule has 0 radical (unpaired) electrons. The fourth-order valence-electron chi connectivity index (χ4n) is 2.19. The Labute approximate surface area is 122 Å². The Balaban J connectivity index is 1.67. The minimum atomic E-state index is -0.459. The maximum atomic E-state index is 11.1. The van der Waals surface area contributed by atoms with Gasteiger partial charge >= 0.3 is 0 Å². The predicted molar refractivity (Wildman–Crippen MR) is 78.4 cm³/mol. The summed E-state index contributed by atoms with van der Waals surface area (Å²) in [5.74, 6) is 1.12. The monoisotopic (exact) mass is 287 g/mol. The van der Waals surface area contributed by atoms with E-state index < -0.39 is 5.91 Å². The highest BCUT2D eigenvalue weighted by atomic mass is 16.1. The zero-order valence-corrected chi connectivity index (χ0v) is 12.0. The average molecular weight is 287 g/mol. The van der Waals surface area contributed by atoms with E-state index in [2.05, 4.69) is 20.0 Å². The third kappa shape index (κ3) is 2.51. The van der Waals surface area contributed by atoms with Crippen LogP contribution in [0.4, 0.5) is 11.8 Å². The molecule has 0 saturated carbocycles. The van der Waals surface area contributed by atoms with E-state index in [9.17, 15) is 4.79 Å². The van der Waals surface area contributed by atoms with Crippen LogP contribution in [-0.4, -0.2) is 52.8 Å². The third-order valence-corrected chi connectivity index (χ3v) is 3.49. The molecule has 3 heterocycles. The number of rotatable bonds is 4. The van der Waals surface area contributed by atoms with Crippen molar-refractivity contribution in [2.24, 2.45) is 5.73 Å². The van der Waals surface area contributed by atoms with Crippen LogP contribution in [0.1, 0.15) is 16.4 Å². The molecule has 1 amide bonds. The van der Waals surface area contributed by atoms with Crippen molar-refractivity contribution < 1.29 is 4.79 Å². The number of nitrogens with two attached hydrogens (primary N) is 1. The first kappa shape index (κ1) is 13.3. The van der Waals surface area contributed by atoms with E-state index in [1.54, 1.807) is 17.1 Å². The van der Waals surface area contributed by atoms with Crippen LogP contribution < -0.4 is 15.5 Å². The Morgan fingerprint density at radius 2 is 2.19 bits per heavy atom. The lowest BCUT2D eigenvalue weighted by Crippen LogP contribution is -2.48. The summed E-state index contributed by atoms with van der Waals surface area (Å²) in [5.41, 5.74) is 5.65. The molecule has 1 fully saturated rings. The zero-order chi connectivity index (χ0) is 15.0. The van der Waals surface area contributed by atoms with Crippen molar-refractivity contribution >= 4 is 17.7 Å². The molecule has 1 aliphatic heterocycles. The van der Waals surface area contributed by atoms with Crippen molar-refractivity contribution in [2.45, 2.75) is 6.04 Å². The van der Waals surface area contributed by atoms with Crippen molar-refractivity contribution in [3.8, 4) is 0 Å². The Kier molecular flexibility index (Phi) is 3.20. The van der Waals surface area contributed by atoms with Gasteiger partial charge in [-0.05, 0) is 6.07 Å². The molecule has 0 unspecified atom stereocenters.